The first-order valence-corrected chi connectivity index (χ1v) is 8.58. The number of aromatic nitrogens is 2. The maximum atomic E-state index is 12.8. The summed E-state index contributed by atoms with van der Waals surface area (Å²) in [4.78, 5) is 15.7. The second-order valence-corrected chi connectivity index (χ2v) is 7.25. The molecule has 1 N–H and O–H groups in total. The maximum Gasteiger partial charge on any atom is 0.285 e. The second kappa shape index (κ2) is 6.68. The van der Waals surface area contributed by atoms with Crippen LogP contribution in [0.4, 0.5) is 8.78 Å². The molecule has 0 aliphatic heterocycles. The van der Waals surface area contributed by atoms with Crippen LogP contribution in [0.15, 0.2) is 41.7 Å². The maximum absolute atomic E-state index is 12.8. The average molecular weight is 357 g/mol. The van der Waals surface area contributed by atoms with Gasteiger partial charge in [0.15, 0.2) is 0 Å². The van der Waals surface area contributed by atoms with Crippen LogP contribution in [-0.2, 0) is 16.6 Å². The Labute approximate surface area is 138 Å². The van der Waals surface area contributed by atoms with Crippen molar-refractivity contribution in [3.63, 3.8) is 0 Å². The number of halogens is 2. The minimum absolute atomic E-state index is 0.0332. The van der Waals surface area contributed by atoms with Crippen molar-refractivity contribution in [2.45, 2.75) is 37.6 Å². The molecule has 0 atom stereocenters. The Morgan fingerprint density at radius 3 is 2.50 bits per heavy atom. The molecule has 0 aliphatic carbocycles. The largest absolute Gasteiger partial charge is 0.336 e. The van der Waals surface area contributed by atoms with Crippen molar-refractivity contribution in [3.8, 4) is 0 Å². The van der Waals surface area contributed by atoms with E-state index in [1.807, 2.05) is 4.72 Å². The third-order valence-corrected chi connectivity index (χ3v) is 4.58. The summed E-state index contributed by atoms with van der Waals surface area (Å²) in [5.41, 5.74) is 0.719. The Morgan fingerprint density at radius 2 is 1.92 bits per heavy atom. The van der Waals surface area contributed by atoms with E-state index in [0.717, 1.165) is 12.5 Å². The number of nitrogens with one attached hydrogen (secondary N) is 1. The first-order chi connectivity index (χ1) is 11.1. The number of aryl methyl sites for hydroxylation is 2. The predicted octanol–water partition coefficient (Wildman–Crippen LogP) is 2.36. The topological polar surface area (TPSA) is 81.1 Å². The molecule has 0 bridgehead atoms. The normalized spacial score (nSPS) is 12.2. The van der Waals surface area contributed by atoms with Gasteiger partial charge in [-0.25, -0.2) is 26.9 Å². The minimum atomic E-state index is -4.02. The summed E-state index contributed by atoms with van der Waals surface area (Å²) in [6, 6.07) is 5.98. The van der Waals surface area contributed by atoms with Crippen molar-refractivity contribution in [2.24, 2.45) is 0 Å². The lowest BCUT2D eigenvalue weighted by Crippen LogP contribution is -2.30. The van der Waals surface area contributed by atoms with E-state index >= 15 is 0 Å². The first kappa shape index (κ1) is 18.1. The number of nitrogens with zero attached hydrogens (tertiary/aromatic N) is 2. The number of rotatable bonds is 6. The molecule has 2 rings (SSSR count). The monoisotopic (exact) mass is 357 g/mol. The Balaban J connectivity index is 2.07. The number of imidazole rings is 1. The van der Waals surface area contributed by atoms with Crippen molar-refractivity contribution in [2.75, 3.05) is 0 Å². The van der Waals surface area contributed by atoms with Gasteiger partial charge in [-0.15, -0.1) is 0 Å². The molecule has 1 heterocycles. The highest BCUT2D eigenvalue weighted by Gasteiger charge is 2.22. The zero-order chi connectivity index (χ0) is 18.0. The number of hydrogen-bond donors (Lipinski definition) is 1. The van der Waals surface area contributed by atoms with Gasteiger partial charge in [0.2, 0.25) is 5.92 Å². The van der Waals surface area contributed by atoms with Gasteiger partial charge < -0.3 is 4.57 Å². The molecule has 1 aromatic carbocycles. The highest BCUT2D eigenvalue weighted by molar-refractivity contribution is 7.90. The molecule has 0 aliphatic rings. The Bertz CT molecular complexity index is 824. The summed E-state index contributed by atoms with van der Waals surface area (Å²) in [7, 11) is -4.02. The fraction of sp³-hybridized carbons (Fsp3) is 0.333. The van der Waals surface area contributed by atoms with E-state index in [4.69, 9.17) is 0 Å². The second-order valence-electron chi connectivity index (χ2n) is 5.56. The Morgan fingerprint density at radius 1 is 1.29 bits per heavy atom. The van der Waals surface area contributed by atoms with E-state index in [1.54, 1.807) is 19.1 Å². The van der Waals surface area contributed by atoms with Crippen molar-refractivity contribution in [1.82, 2.24) is 14.3 Å². The number of alkyl halides is 2. The third kappa shape index (κ3) is 4.85. The van der Waals surface area contributed by atoms with Gasteiger partial charge in [0.05, 0.1) is 11.2 Å². The summed E-state index contributed by atoms with van der Waals surface area (Å²) < 4.78 is 53.1. The lowest BCUT2D eigenvalue weighted by atomic mass is 10.2. The highest BCUT2D eigenvalue weighted by atomic mass is 32.2. The van der Waals surface area contributed by atoms with Crippen LogP contribution in [0, 0.1) is 6.92 Å². The lowest BCUT2D eigenvalue weighted by Gasteiger charge is -2.09. The fourth-order valence-electron chi connectivity index (χ4n) is 1.88. The summed E-state index contributed by atoms with van der Waals surface area (Å²) in [6.45, 7) is 2.57. The summed E-state index contributed by atoms with van der Waals surface area (Å²) >= 11 is 0. The van der Waals surface area contributed by atoms with Gasteiger partial charge in [-0.2, -0.15) is 0 Å². The molecule has 1 aromatic heterocycles. The SMILES string of the molecule is Cc1ccc(S(=O)(=O)NC(=O)c2cn(CCC(C)(F)F)cn2)cc1. The molecule has 0 saturated heterocycles. The molecule has 6 nitrogen and oxygen atoms in total. The number of amides is 1. The number of benzene rings is 1. The molecule has 0 fully saturated rings. The number of carbonyl (C=O) groups excluding carboxylic acids is 1. The number of carbonyl (C=O) groups is 1. The number of hydrogen-bond acceptors (Lipinski definition) is 4. The average Bonchev–Trinajstić information content (AvgIpc) is 2.93. The molecule has 1 amide bonds. The van der Waals surface area contributed by atoms with Gasteiger partial charge in [-0.05, 0) is 26.0 Å². The van der Waals surface area contributed by atoms with Crippen LogP contribution in [0.3, 0.4) is 0 Å². The van der Waals surface area contributed by atoms with Crippen LogP contribution in [0.25, 0.3) is 0 Å². The molecule has 0 unspecified atom stereocenters. The third-order valence-electron chi connectivity index (χ3n) is 3.23. The van der Waals surface area contributed by atoms with Crippen LogP contribution in [0.1, 0.15) is 29.4 Å². The van der Waals surface area contributed by atoms with Crippen molar-refractivity contribution < 1.29 is 22.0 Å². The summed E-state index contributed by atoms with van der Waals surface area (Å²) in [5, 5.41) is 0. The van der Waals surface area contributed by atoms with Gasteiger partial charge in [0, 0.05) is 19.2 Å². The van der Waals surface area contributed by atoms with Crippen LogP contribution in [0.5, 0.6) is 0 Å². The Hall–Kier alpha value is -2.29. The molecule has 2 aromatic rings. The molecule has 24 heavy (non-hydrogen) atoms. The minimum Gasteiger partial charge on any atom is -0.336 e. The zero-order valence-electron chi connectivity index (χ0n) is 13.2. The molecule has 0 saturated carbocycles. The van der Waals surface area contributed by atoms with Crippen molar-refractivity contribution >= 4 is 15.9 Å². The van der Waals surface area contributed by atoms with Crippen molar-refractivity contribution in [3.05, 3.63) is 48.0 Å². The van der Waals surface area contributed by atoms with Gasteiger partial charge in [-0.1, -0.05) is 17.7 Å². The standard InChI is InChI=1S/C15H17F2N3O3S/c1-11-3-5-12(6-4-11)24(22,23)19-14(21)13-9-20(10-18-13)8-7-15(2,16)17/h3-6,9-10H,7-8H2,1-2H3,(H,19,21). The molecule has 0 spiro atoms. The van der Waals surface area contributed by atoms with Crippen LogP contribution < -0.4 is 4.72 Å². The highest BCUT2D eigenvalue weighted by Crippen LogP contribution is 2.17. The van der Waals surface area contributed by atoms with Gasteiger partial charge in [0.25, 0.3) is 15.9 Å². The quantitative estimate of drug-likeness (QED) is 0.860. The van der Waals surface area contributed by atoms with Crippen molar-refractivity contribution in [1.29, 1.82) is 0 Å². The first-order valence-electron chi connectivity index (χ1n) is 7.10. The van der Waals surface area contributed by atoms with E-state index in [1.165, 1.54) is 29.2 Å². The van der Waals surface area contributed by atoms with Gasteiger partial charge >= 0.3 is 0 Å². The van der Waals surface area contributed by atoms with Crippen LogP contribution in [-0.4, -0.2) is 29.8 Å². The summed E-state index contributed by atoms with van der Waals surface area (Å²) in [5.74, 6) is -3.75. The predicted molar refractivity (Wildman–Crippen MR) is 83.3 cm³/mol. The number of sulfonamides is 1. The zero-order valence-corrected chi connectivity index (χ0v) is 14.0. The molecule has 0 radical (unpaired) electrons. The molecular formula is C15H17F2N3O3S. The van der Waals surface area contributed by atoms with E-state index in [9.17, 15) is 22.0 Å². The summed E-state index contributed by atoms with van der Waals surface area (Å²) in [6.07, 6.45) is 2.02. The van der Waals surface area contributed by atoms with E-state index in [2.05, 4.69) is 4.98 Å². The van der Waals surface area contributed by atoms with Crippen LogP contribution >= 0.6 is 0 Å². The Kier molecular flexibility index (Phi) is 5.02. The van der Waals surface area contributed by atoms with E-state index < -0.39 is 28.3 Å². The fourth-order valence-corrected chi connectivity index (χ4v) is 2.84. The van der Waals surface area contributed by atoms with E-state index in [0.29, 0.717) is 0 Å². The smallest absolute Gasteiger partial charge is 0.285 e. The molecule has 130 valence electrons. The van der Waals surface area contributed by atoms with E-state index in [-0.39, 0.29) is 17.1 Å². The molecular weight excluding hydrogens is 340 g/mol. The van der Waals surface area contributed by atoms with Gasteiger partial charge in [-0.3, -0.25) is 4.79 Å². The lowest BCUT2D eigenvalue weighted by molar-refractivity contribution is 0.00869. The van der Waals surface area contributed by atoms with Gasteiger partial charge in [0.1, 0.15) is 5.69 Å². The van der Waals surface area contributed by atoms with Crippen LogP contribution in [0.2, 0.25) is 0 Å². The molecule has 9 heteroatoms.